The molecule has 1 amide bonds. The van der Waals surface area contributed by atoms with Crippen LogP contribution in [0.2, 0.25) is 0 Å². The highest BCUT2D eigenvalue weighted by molar-refractivity contribution is 5.79. The summed E-state index contributed by atoms with van der Waals surface area (Å²) in [5, 5.41) is 11.9. The number of anilines is 1. The summed E-state index contributed by atoms with van der Waals surface area (Å²) in [7, 11) is 1.65. The highest BCUT2D eigenvalue weighted by Gasteiger charge is 2.25. The second kappa shape index (κ2) is 12.2. The van der Waals surface area contributed by atoms with Crippen LogP contribution in [-0.2, 0) is 17.9 Å². The van der Waals surface area contributed by atoms with Crippen LogP contribution in [0.4, 0.5) is 5.82 Å². The Morgan fingerprint density at radius 2 is 1.55 bits per heavy atom. The highest BCUT2D eigenvalue weighted by Crippen LogP contribution is 2.25. The van der Waals surface area contributed by atoms with E-state index in [9.17, 15) is 4.79 Å². The lowest BCUT2D eigenvalue weighted by Gasteiger charge is -2.31. The van der Waals surface area contributed by atoms with E-state index in [1.54, 1.807) is 7.11 Å². The van der Waals surface area contributed by atoms with Crippen LogP contribution in [0.3, 0.4) is 0 Å². The zero-order valence-corrected chi connectivity index (χ0v) is 21.5. The number of carbonyl (C=O) groups excluding carboxylic acids is 1. The Balaban J connectivity index is 1.06. The Morgan fingerprint density at radius 1 is 0.842 bits per heavy atom. The van der Waals surface area contributed by atoms with E-state index in [-0.39, 0.29) is 11.8 Å². The van der Waals surface area contributed by atoms with Crippen molar-refractivity contribution in [3.63, 3.8) is 0 Å². The van der Waals surface area contributed by atoms with Crippen LogP contribution in [-0.4, -0.2) is 36.3 Å². The van der Waals surface area contributed by atoms with Gasteiger partial charge in [-0.05, 0) is 72.5 Å². The van der Waals surface area contributed by atoms with Crippen molar-refractivity contribution >= 4 is 11.7 Å². The maximum Gasteiger partial charge on any atom is 0.223 e. The first-order valence-corrected chi connectivity index (χ1v) is 12.9. The first-order chi connectivity index (χ1) is 18.7. The standard InChI is InChI=1S/C31H32N4O3/c1-37-27-13-9-25(10-14-27)29-15-16-30(34-33-29)35-19-17-26(18-20-35)31(36)32-21-23-7-11-28(12-8-23)38-22-24-5-3-2-4-6-24/h2-16,26H,17-22H2,1H3,(H,32,36). The van der Waals surface area contributed by atoms with Gasteiger partial charge in [-0.2, -0.15) is 0 Å². The molecule has 1 aromatic heterocycles. The van der Waals surface area contributed by atoms with Crippen molar-refractivity contribution in [2.45, 2.75) is 26.0 Å². The summed E-state index contributed by atoms with van der Waals surface area (Å²) in [6.07, 6.45) is 1.58. The van der Waals surface area contributed by atoms with E-state index >= 15 is 0 Å². The van der Waals surface area contributed by atoms with Gasteiger partial charge in [0, 0.05) is 31.1 Å². The Hall–Kier alpha value is -4.39. The summed E-state index contributed by atoms with van der Waals surface area (Å²) in [6, 6.07) is 29.7. The molecule has 0 bridgehead atoms. The third kappa shape index (κ3) is 6.48. The second-order valence-corrected chi connectivity index (χ2v) is 9.40. The summed E-state index contributed by atoms with van der Waals surface area (Å²) >= 11 is 0. The SMILES string of the molecule is COc1ccc(-c2ccc(N3CCC(C(=O)NCc4ccc(OCc5ccccc5)cc4)CC3)nn2)cc1. The predicted octanol–water partition coefficient (Wildman–Crippen LogP) is 5.26. The molecule has 2 heterocycles. The number of methoxy groups -OCH3 is 1. The zero-order valence-electron chi connectivity index (χ0n) is 21.5. The molecule has 0 atom stereocenters. The topological polar surface area (TPSA) is 76.6 Å². The number of ether oxygens (including phenoxy) is 2. The minimum atomic E-state index is 0.00580. The van der Waals surface area contributed by atoms with Crippen molar-refractivity contribution in [2.24, 2.45) is 5.92 Å². The molecule has 7 nitrogen and oxygen atoms in total. The van der Waals surface area contributed by atoms with E-state index in [0.717, 1.165) is 65.6 Å². The lowest BCUT2D eigenvalue weighted by Crippen LogP contribution is -2.40. The summed E-state index contributed by atoms with van der Waals surface area (Å²) < 4.78 is 11.1. The van der Waals surface area contributed by atoms with Crippen LogP contribution >= 0.6 is 0 Å². The molecule has 0 radical (unpaired) electrons. The van der Waals surface area contributed by atoms with Crippen LogP contribution in [0.25, 0.3) is 11.3 Å². The van der Waals surface area contributed by atoms with Crippen molar-refractivity contribution in [2.75, 3.05) is 25.1 Å². The first-order valence-electron chi connectivity index (χ1n) is 12.9. The molecule has 0 spiro atoms. The number of aromatic nitrogens is 2. The monoisotopic (exact) mass is 508 g/mol. The fraction of sp³-hybridized carbons (Fsp3) is 0.258. The van der Waals surface area contributed by atoms with Gasteiger partial charge in [0.2, 0.25) is 5.91 Å². The third-order valence-corrected chi connectivity index (χ3v) is 6.86. The molecular weight excluding hydrogens is 476 g/mol. The van der Waals surface area contributed by atoms with Crippen molar-refractivity contribution < 1.29 is 14.3 Å². The fourth-order valence-electron chi connectivity index (χ4n) is 4.56. The molecule has 1 saturated heterocycles. The number of amides is 1. The molecule has 38 heavy (non-hydrogen) atoms. The van der Waals surface area contributed by atoms with Gasteiger partial charge in [0.25, 0.3) is 0 Å². The van der Waals surface area contributed by atoms with Crippen LogP contribution in [0.1, 0.15) is 24.0 Å². The molecule has 194 valence electrons. The van der Waals surface area contributed by atoms with Gasteiger partial charge in [0.1, 0.15) is 18.1 Å². The molecule has 4 aromatic rings. The molecule has 3 aromatic carbocycles. The van der Waals surface area contributed by atoms with Gasteiger partial charge in [-0.1, -0.05) is 42.5 Å². The number of nitrogens with zero attached hydrogens (tertiary/aromatic N) is 3. The lowest BCUT2D eigenvalue weighted by molar-refractivity contribution is -0.125. The number of hydrogen-bond donors (Lipinski definition) is 1. The number of carbonyl (C=O) groups is 1. The average Bonchev–Trinajstić information content (AvgIpc) is 3.00. The smallest absolute Gasteiger partial charge is 0.223 e. The molecule has 0 unspecified atom stereocenters. The van der Waals surface area contributed by atoms with Crippen LogP contribution in [0, 0.1) is 5.92 Å². The Bertz CT molecular complexity index is 1300. The molecule has 1 N–H and O–H groups in total. The number of rotatable bonds is 9. The predicted molar refractivity (Wildman–Crippen MR) is 148 cm³/mol. The van der Waals surface area contributed by atoms with Crippen molar-refractivity contribution in [3.05, 3.63) is 102 Å². The first kappa shape index (κ1) is 25.3. The van der Waals surface area contributed by atoms with E-state index < -0.39 is 0 Å². The summed E-state index contributed by atoms with van der Waals surface area (Å²) in [5.74, 6) is 2.58. The lowest BCUT2D eigenvalue weighted by atomic mass is 9.96. The average molecular weight is 509 g/mol. The van der Waals surface area contributed by atoms with Gasteiger partial charge in [-0.3, -0.25) is 4.79 Å². The van der Waals surface area contributed by atoms with E-state index in [4.69, 9.17) is 9.47 Å². The van der Waals surface area contributed by atoms with Gasteiger partial charge in [0.05, 0.1) is 12.8 Å². The molecule has 5 rings (SSSR count). The number of benzene rings is 3. The van der Waals surface area contributed by atoms with Crippen molar-refractivity contribution in [3.8, 4) is 22.8 Å². The Kier molecular flexibility index (Phi) is 8.13. The van der Waals surface area contributed by atoms with E-state index in [1.165, 1.54) is 0 Å². The van der Waals surface area contributed by atoms with Crippen LogP contribution < -0.4 is 19.7 Å². The minimum Gasteiger partial charge on any atom is -0.497 e. The minimum absolute atomic E-state index is 0.00580. The quantitative estimate of drug-likeness (QED) is 0.332. The molecule has 1 fully saturated rings. The molecule has 1 aliphatic rings. The third-order valence-electron chi connectivity index (χ3n) is 6.86. The molecule has 1 aliphatic heterocycles. The molecule has 7 heteroatoms. The van der Waals surface area contributed by atoms with Gasteiger partial charge in [0.15, 0.2) is 5.82 Å². The maximum absolute atomic E-state index is 12.8. The van der Waals surface area contributed by atoms with Crippen LogP contribution in [0.5, 0.6) is 11.5 Å². The second-order valence-electron chi connectivity index (χ2n) is 9.40. The van der Waals surface area contributed by atoms with Crippen LogP contribution in [0.15, 0.2) is 91.0 Å². The normalized spacial score (nSPS) is 13.7. The van der Waals surface area contributed by atoms with E-state index in [1.807, 2.05) is 91.0 Å². The van der Waals surface area contributed by atoms with E-state index in [0.29, 0.717) is 13.2 Å². The summed E-state index contributed by atoms with van der Waals surface area (Å²) in [4.78, 5) is 15.0. The number of hydrogen-bond acceptors (Lipinski definition) is 6. The summed E-state index contributed by atoms with van der Waals surface area (Å²) in [6.45, 7) is 2.61. The van der Waals surface area contributed by atoms with E-state index in [2.05, 4.69) is 20.4 Å². The fourth-order valence-corrected chi connectivity index (χ4v) is 4.56. The molecular formula is C31H32N4O3. The number of nitrogens with one attached hydrogen (secondary N) is 1. The maximum atomic E-state index is 12.8. The van der Waals surface area contributed by atoms with Gasteiger partial charge in [-0.25, -0.2) is 0 Å². The summed E-state index contributed by atoms with van der Waals surface area (Å²) in [5.41, 5.74) is 4.00. The van der Waals surface area contributed by atoms with Gasteiger partial charge in [-0.15, -0.1) is 10.2 Å². The Morgan fingerprint density at radius 3 is 2.21 bits per heavy atom. The Labute approximate surface area is 223 Å². The van der Waals surface area contributed by atoms with Crippen molar-refractivity contribution in [1.29, 1.82) is 0 Å². The van der Waals surface area contributed by atoms with Crippen molar-refractivity contribution in [1.82, 2.24) is 15.5 Å². The van der Waals surface area contributed by atoms with Gasteiger partial charge < -0.3 is 19.7 Å². The molecule has 0 saturated carbocycles. The molecule has 0 aliphatic carbocycles. The largest absolute Gasteiger partial charge is 0.497 e. The van der Waals surface area contributed by atoms with Gasteiger partial charge >= 0.3 is 0 Å². The highest BCUT2D eigenvalue weighted by atomic mass is 16.5. The number of piperidine rings is 1. The zero-order chi connectivity index (χ0) is 26.2.